The van der Waals surface area contributed by atoms with E-state index in [0.717, 1.165) is 18.4 Å². The Kier molecular flexibility index (Phi) is 4.28. The van der Waals surface area contributed by atoms with Crippen LogP contribution in [0.5, 0.6) is 0 Å². The van der Waals surface area contributed by atoms with Crippen LogP contribution >= 0.6 is 0 Å². The third-order valence-corrected chi connectivity index (χ3v) is 3.40. The fourth-order valence-corrected chi connectivity index (χ4v) is 2.26. The predicted octanol–water partition coefficient (Wildman–Crippen LogP) is 1.92. The summed E-state index contributed by atoms with van der Waals surface area (Å²) >= 11 is 0. The van der Waals surface area contributed by atoms with Crippen LogP contribution in [0, 0.1) is 16.0 Å². The maximum atomic E-state index is 10.5. The topological polar surface area (TPSA) is 72.6 Å². The summed E-state index contributed by atoms with van der Waals surface area (Å²) in [6.45, 7) is 1.42. The largest absolute Gasteiger partial charge is 0.392 e. The van der Waals surface area contributed by atoms with E-state index in [9.17, 15) is 15.2 Å². The molecule has 2 rings (SSSR count). The molecule has 5 nitrogen and oxygen atoms in total. The average molecular weight is 251 g/mol. The summed E-state index contributed by atoms with van der Waals surface area (Å²) in [5.74, 6) is 0.272. The molecule has 1 saturated heterocycles. The van der Waals surface area contributed by atoms with Crippen LogP contribution in [0.3, 0.4) is 0 Å². The Morgan fingerprint density at radius 3 is 2.50 bits per heavy atom. The van der Waals surface area contributed by atoms with Crippen LogP contribution in [0.1, 0.15) is 18.4 Å². The van der Waals surface area contributed by atoms with Crippen molar-refractivity contribution in [2.75, 3.05) is 13.2 Å². The normalized spacial score (nSPS) is 18.5. The van der Waals surface area contributed by atoms with Crippen molar-refractivity contribution in [3.8, 4) is 0 Å². The van der Waals surface area contributed by atoms with E-state index in [1.54, 1.807) is 12.1 Å². The zero-order valence-corrected chi connectivity index (χ0v) is 10.1. The second-order valence-electron chi connectivity index (χ2n) is 4.64. The molecule has 98 valence electrons. The van der Waals surface area contributed by atoms with Gasteiger partial charge in [0, 0.05) is 25.3 Å². The fourth-order valence-electron chi connectivity index (χ4n) is 2.26. The molecule has 0 radical (unpaired) electrons. The Labute approximate surface area is 106 Å². The highest BCUT2D eigenvalue weighted by Crippen LogP contribution is 2.22. The first-order valence-electron chi connectivity index (χ1n) is 6.16. The van der Waals surface area contributed by atoms with Gasteiger partial charge in [0.1, 0.15) is 0 Å². The molecule has 1 aliphatic heterocycles. The molecule has 1 aliphatic rings. The molecular formula is C13H17NO4. The van der Waals surface area contributed by atoms with Gasteiger partial charge >= 0.3 is 0 Å². The number of nitro groups is 1. The number of benzene rings is 1. The Hall–Kier alpha value is -1.46. The number of hydrogen-bond acceptors (Lipinski definition) is 4. The van der Waals surface area contributed by atoms with Crippen molar-refractivity contribution in [1.82, 2.24) is 0 Å². The molecule has 1 fully saturated rings. The molecule has 0 aliphatic carbocycles. The molecule has 0 aromatic heterocycles. The Morgan fingerprint density at radius 1 is 1.33 bits per heavy atom. The molecular weight excluding hydrogens is 234 g/mol. The number of aliphatic hydroxyl groups is 1. The predicted molar refractivity (Wildman–Crippen MR) is 66.4 cm³/mol. The molecule has 1 atom stereocenters. The first-order valence-corrected chi connectivity index (χ1v) is 6.16. The van der Waals surface area contributed by atoms with Gasteiger partial charge in [-0.2, -0.15) is 0 Å². The van der Waals surface area contributed by atoms with Crippen LogP contribution in [-0.2, 0) is 11.2 Å². The van der Waals surface area contributed by atoms with Crippen LogP contribution in [0.15, 0.2) is 24.3 Å². The highest BCUT2D eigenvalue weighted by Gasteiger charge is 2.22. The smallest absolute Gasteiger partial charge is 0.269 e. The van der Waals surface area contributed by atoms with Gasteiger partial charge in [-0.25, -0.2) is 0 Å². The van der Waals surface area contributed by atoms with E-state index in [1.165, 1.54) is 12.1 Å². The van der Waals surface area contributed by atoms with Crippen molar-refractivity contribution in [2.24, 2.45) is 5.92 Å². The molecule has 18 heavy (non-hydrogen) atoms. The Balaban J connectivity index is 1.93. The SMILES string of the molecule is O=[N+]([O-])c1ccc(CC(O)C2CCOCC2)cc1. The molecule has 5 heteroatoms. The van der Waals surface area contributed by atoms with Crippen molar-refractivity contribution in [3.05, 3.63) is 39.9 Å². The van der Waals surface area contributed by atoms with Gasteiger partial charge in [-0.15, -0.1) is 0 Å². The monoisotopic (exact) mass is 251 g/mol. The van der Waals surface area contributed by atoms with Gasteiger partial charge in [0.05, 0.1) is 11.0 Å². The van der Waals surface area contributed by atoms with Crippen LogP contribution in [0.2, 0.25) is 0 Å². The summed E-state index contributed by atoms with van der Waals surface area (Å²) in [6, 6.07) is 6.37. The summed E-state index contributed by atoms with van der Waals surface area (Å²) in [6.07, 6.45) is 1.92. The second-order valence-corrected chi connectivity index (χ2v) is 4.64. The van der Waals surface area contributed by atoms with E-state index in [-0.39, 0.29) is 11.6 Å². The molecule has 1 N–H and O–H groups in total. The van der Waals surface area contributed by atoms with Crippen molar-refractivity contribution in [3.63, 3.8) is 0 Å². The Bertz CT molecular complexity index is 398. The molecule has 1 heterocycles. The van der Waals surface area contributed by atoms with Crippen LogP contribution in [0.25, 0.3) is 0 Å². The van der Waals surface area contributed by atoms with Crippen molar-refractivity contribution < 1.29 is 14.8 Å². The lowest BCUT2D eigenvalue weighted by atomic mass is 9.90. The first-order chi connectivity index (χ1) is 8.66. The summed E-state index contributed by atoms with van der Waals surface area (Å²) in [5.41, 5.74) is 1.01. The molecule has 0 spiro atoms. The fraction of sp³-hybridized carbons (Fsp3) is 0.538. The summed E-state index contributed by atoms with van der Waals surface area (Å²) in [7, 11) is 0. The van der Waals surface area contributed by atoms with Crippen LogP contribution in [-0.4, -0.2) is 29.3 Å². The highest BCUT2D eigenvalue weighted by molar-refractivity contribution is 5.33. The van der Waals surface area contributed by atoms with Gasteiger partial charge in [-0.3, -0.25) is 10.1 Å². The summed E-state index contributed by atoms with van der Waals surface area (Å²) < 4.78 is 5.26. The minimum Gasteiger partial charge on any atom is -0.392 e. The summed E-state index contributed by atoms with van der Waals surface area (Å²) in [4.78, 5) is 10.1. The average Bonchev–Trinajstić information content (AvgIpc) is 2.40. The number of ether oxygens (including phenoxy) is 1. The molecule has 0 bridgehead atoms. The lowest BCUT2D eigenvalue weighted by Crippen LogP contribution is -2.28. The second kappa shape index (κ2) is 5.93. The van der Waals surface area contributed by atoms with Crippen LogP contribution < -0.4 is 0 Å². The number of nitro benzene ring substituents is 1. The highest BCUT2D eigenvalue weighted by atomic mass is 16.6. The third-order valence-electron chi connectivity index (χ3n) is 3.40. The first kappa shape index (κ1) is 13.0. The van der Waals surface area contributed by atoms with E-state index in [2.05, 4.69) is 0 Å². The molecule has 1 aromatic carbocycles. The minimum atomic E-state index is -0.418. The van der Waals surface area contributed by atoms with Crippen molar-refractivity contribution >= 4 is 5.69 Å². The zero-order chi connectivity index (χ0) is 13.0. The standard InChI is InChI=1S/C13H17NO4/c15-13(11-5-7-18-8-6-11)9-10-1-3-12(4-2-10)14(16)17/h1-4,11,13,15H,5-9H2. The van der Waals surface area contributed by atoms with Crippen LogP contribution in [0.4, 0.5) is 5.69 Å². The molecule has 0 saturated carbocycles. The number of rotatable bonds is 4. The van der Waals surface area contributed by atoms with E-state index >= 15 is 0 Å². The van der Waals surface area contributed by atoms with Gasteiger partial charge < -0.3 is 9.84 Å². The van der Waals surface area contributed by atoms with E-state index in [1.807, 2.05) is 0 Å². The van der Waals surface area contributed by atoms with Gasteiger partial charge in [0.2, 0.25) is 0 Å². The number of non-ortho nitro benzene ring substituents is 1. The quantitative estimate of drug-likeness (QED) is 0.655. The maximum Gasteiger partial charge on any atom is 0.269 e. The van der Waals surface area contributed by atoms with Crippen molar-refractivity contribution in [2.45, 2.75) is 25.4 Å². The van der Waals surface area contributed by atoms with E-state index in [4.69, 9.17) is 4.74 Å². The van der Waals surface area contributed by atoms with Gasteiger partial charge in [0.25, 0.3) is 5.69 Å². The zero-order valence-electron chi connectivity index (χ0n) is 10.1. The lowest BCUT2D eigenvalue weighted by molar-refractivity contribution is -0.384. The van der Waals surface area contributed by atoms with Gasteiger partial charge in [0.15, 0.2) is 0 Å². The maximum absolute atomic E-state index is 10.5. The van der Waals surface area contributed by atoms with E-state index in [0.29, 0.717) is 19.6 Å². The summed E-state index contributed by atoms with van der Waals surface area (Å²) in [5, 5.41) is 20.6. The number of nitrogens with zero attached hydrogens (tertiary/aromatic N) is 1. The van der Waals surface area contributed by atoms with Gasteiger partial charge in [-0.1, -0.05) is 12.1 Å². The number of hydrogen-bond donors (Lipinski definition) is 1. The van der Waals surface area contributed by atoms with Crippen molar-refractivity contribution in [1.29, 1.82) is 0 Å². The molecule has 0 amide bonds. The lowest BCUT2D eigenvalue weighted by Gasteiger charge is -2.26. The van der Waals surface area contributed by atoms with Gasteiger partial charge in [-0.05, 0) is 30.7 Å². The molecule has 1 unspecified atom stereocenters. The van der Waals surface area contributed by atoms with E-state index < -0.39 is 11.0 Å². The minimum absolute atomic E-state index is 0.0827. The Morgan fingerprint density at radius 2 is 1.94 bits per heavy atom. The molecule has 1 aromatic rings. The third kappa shape index (κ3) is 3.27. The number of aliphatic hydroxyl groups excluding tert-OH is 1.